The number of hydrogen-bond acceptors (Lipinski definition) is 8. The summed E-state index contributed by atoms with van der Waals surface area (Å²) in [4.78, 5) is 0. The van der Waals surface area contributed by atoms with Gasteiger partial charge in [0.25, 0.3) is 26.2 Å². The molecule has 3 unspecified atom stereocenters. The first-order chi connectivity index (χ1) is 8.83. The molecule has 0 aromatic rings. The third-order valence-electron chi connectivity index (χ3n) is 2.98. The van der Waals surface area contributed by atoms with Crippen LogP contribution in [-0.2, 0) is 38.1 Å². The zero-order chi connectivity index (χ0) is 15.4. The predicted octanol–water partition coefficient (Wildman–Crippen LogP) is -0.464. The van der Waals surface area contributed by atoms with E-state index in [2.05, 4.69) is 7.81 Å². The fourth-order valence-corrected chi connectivity index (χ4v) is 7.00. The van der Waals surface area contributed by atoms with Crippen molar-refractivity contribution in [3.05, 3.63) is 0 Å². The average molecular weight is 355 g/mol. The molecule has 0 amide bonds. The molecule has 0 aliphatic carbocycles. The van der Waals surface area contributed by atoms with Gasteiger partial charge >= 0.3 is 0 Å². The van der Waals surface area contributed by atoms with Crippen LogP contribution in [0.15, 0.2) is 0 Å². The molecule has 20 heavy (non-hydrogen) atoms. The number of rotatable bonds is 2. The highest BCUT2D eigenvalue weighted by molar-refractivity contribution is 8.01. The summed E-state index contributed by atoms with van der Waals surface area (Å²) in [7, 11) is -12.7. The summed E-state index contributed by atoms with van der Waals surface area (Å²) >= 11 is 0. The Morgan fingerprint density at radius 3 is 1.95 bits per heavy atom. The fraction of sp³-hybridized carbons (Fsp3) is 1.00. The molecule has 0 radical (unpaired) electrons. The smallest absolute Gasteiger partial charge is 0.270 e. The van der Waals surface area contributed by atoms with Crippen molar-refractivity contribution >= 4 is 30.2 Å². The Kier molecular flexibility index (Phi) is 3.65. The number of nitrogens with one attached hydrogen (secondary N) is 1. The summed E-state index contributed by atoms with van der Waals surface area (Å²) in [5.41, 5.74) is 0. The molecular formula is C7H11F2NO7S3. The van der Waals surface area contributed by atoms with Crippen LogP contribution in [0.5, 0.6) is 0 Å². The largest absolute Gasteiger partial charge is 0.281 e. The van der Waals surface area contributed by atoms with Gasteiger partial charge in [0.15, 0.2) is 10.0 Å². The SMILES string of the molecule is N=S1(=O)CC(C(F)(F)C2COS(=O)(=O)C2)CS(=O)(=O)O1. The topological polar surface area (TPSA) is 128 Å². The van der Waals surface area contributed by atoms with Crippen LogP contribution in [0.2, 0.25) is 0 Å². The summed E-state index contributed by atoms with van der Waals surface area (Å²) in [5, 5.41) is 0. The third-order valence-corrected chi connectivity index (χ3v) is 7.65. The van der Waals surface area contributed by atoms with E-state index in [1.165, 1.54) is 0 Å². The minimum absolute atomic E-state index is 0.772. The van der Waals surface area contributed by atoms with Crippen LogP contribution in [0.1, 0.15) is 0 Å². The molecule has 2 aliphatic heterocycles. The minimum Gasteiger partial charge on any atom is -0.270 e. The van der Waals surface area contributed by atoms with Crippen molar-refractivity contribution in [2.45, 2.75) is 5.92 Å². The quantitative estimate of drug-likeness (QED) is 0.664. The molecule has 118 valence electrons. The second kappa shape index (κ2) is 4.56. The molecular weight excluding hydrogens is 344 g/mol. The first-order valence-corrected chi connectivity index (χ1v) is 10.1. The second-order valence-electron chi connectivity index (χ2n) is 4.65. The zero-order valence-corrected chi connectivity index (χ0v) is 12.3. The van der Waals surface area contributed by atoms with Crippen LogP contribution in [0.4, 0.5) is 8.78 Å². The Labute approximate surface area is 114 Å². The number of halogens is 2. The molecule has 1 N–H and O–H groups in total. The monoisotopic (exact) mass is 355 g/mol. The highest BCUT2D eigenvalue weighted by Crippen LogP contribution is 2.40. The van der Waals surface area contributed by atoms with Gasteiger partial charge in [0.1, 0.15) is 0 Å². The first-order valence-electron chi connectivity index (χ1n) is 5.28. The molecule has 0 aromatic heterocycles. The van der Waals surface area contributed by atoms with Gasteiger partial charge in [0.2, 0.25) is 0 Å². The maximum Gasteiger partial charge on any atom is 0.281 e. The van der Waals surface area contributed by atoms with Gasteiger partial charge in [-0.3, -0.25) is 4.18 Å². The lowest BCUT2D eigenvalue weighted by molar-refractivity contribution is -0.0931. The lowest BCUT2D eigenvalue weighted by Crippen LogP contribution is -2.48. The van der Waals surface area contributed by atoms with Crippen molar-refractivity contribution in [1.29, 1.82) is 4.78 Å². The molecule has 2 saturated heterocycles. The number of hydrogen-bond donors (Lipinski definition) is 1. The Hall–Kier alpha value is -0.370. The van der Waals surface area contributed by atoms with Crippen LogP contribution in [0.3, 0.4) is 0 Å². The Balaban J connectivity index is 2.30. The first kappa shape index (κ1) is 16.0. The molecule has 13 heteroatoms. The molecule has 2 heterocycles. The summed E-state index contributed by atoms with van der Waals surface area (Å²) in [5.74, 6) is -10.5. The van der Waals surface area contributed by atoms with Gasteiger partial charge in [-0.25, -0.2) is 17.8 Å². The van der Waals surface area contributed by atoms with Gasteiger partial charge in [-0.15, -0.1) is 0 Å². The standard InChI is InChI=1S/C7H11F2NO7S3/c8-7(9,5-1-16-19(12,13)3-5)6-2-18(10,11)17-20(14,15)4-6/h5-6,10H,1-4H2. The van der Waals surface area contributed by atoms with Crippen molar-refractivity contribution in [3.8, 4) is 0 Å². The van der Waals surface area contributed by atoms with Crippen molar-refractivity contribution in [3.63, 3.8) is 0 Å². The summed E-state index contributed by atoms with van der Waals surface area (Å²) in [6.45, 7) is -0.772. The summed E-state index contributed by atoms with van der Waals surface area (Å²) in [6, 6.07) is 0. The molecule has 0 saturated carbocycles. The van der Waals surface area contributed by atoms with E-state index in [0.29, 0.717) is 0 Å². The summed E-state index contributed by atoms with van der Waals surface area (Å²) in [6.07, 6.45) is 0. The molecule has 0 spiro atoms. The van der Waals surface area contributed by atoms with E-state index in [9.17, 15) is 29.8 Å². The summed E-state index contributed by atoms with van der Waals surface area (Å²) < 4.78 is 99.6. The maximum atomic E-state index is 14.2. The van der Waals surface area contributed by atoms with Crippen LogP contribution >= 0.6 is 0 Å². The molecule has 0 bridgehead atoms. The maximum absolute atomic E-state index is 14.2. The molecule has 2 rings (SSSR count). The zero-order valence-electron chi connectivity index (χ0n) is 9.82. The number of alkyl halides is 2. The molecule has 3 atom stereocenters. The predicted molar refractivity (Wildman–Crippen MR) is 62.3 cm³/mol. The van der Waals surface area contributed by atoms with Crippen molar-refractivity contribution in [2.75, 3.05) is 23.9 Å². The van der Waals surface area contributed by atoms with Crippen molar-refractivity contribution in [1.82, 2.24) is 0 Å². The van der Waals surface area contributed by atoms with Crippen LogP contribution in [-0.4, -0.2) is 50.8 Å². The van der Waals surface area contributed by atoms with Crippen LogP contribution < -0.4 is 0 Å². The van der Waals surface area contributed by atoms with E-state index in [-0.39, 0.29) is 0 Å². The van der Waals surface area contributed by atoms with Crippen molar-refractivity contribution in [2.24, 2.45) is 11.8 Å². The average Bonchev–Trinajstić information content (AvgIpc) is 2.54. The minimum atomic E-state index is -4.51. The Morgan fingerprint density at radius 2 is 1.50 bits per heavy atom. The molecule has 0 aromatic carbocycles. The third kappa shape index (κ3) is 3.27. The van der Waals surface area contributed by atoms with E-state index in [1.54, 1.807) is 0 Å². The highest BCUT2D eigenvalue weighted by atomic mass is 32.3. The van der Waals surface area contributed by atoms with E-state index in [0.717, 1.165) is 0 Å². The van der Waals surface area contributed by atoms with Gasteiger partial charge in [-0.1, -0.05) is 0 Å². The van der Waals surface area contributed by atoms with E-state index >= 15 is 0 Å². The molecule has 2 aliphatic rings. The highest BCUT2D eigenvalue weighted by Gasteiger charge is 2.55. The molecule has 2 fully saturated rings. The van der Waals surface area contributed by atoms with Gasteiger partial charge in [-0.2, -0.15) is 20.5 Å². The Bertz CT molecular complexity index is 678. The lowest BCUT2D eigenvalue weighted by atomic mass is 9.94. The van der Waals surface area contributed by atoms with Crippen LogP contribution in [0.25, 0.3) is 0 Å². The normalized spacial score (nSPS) is 40.5. The van der Waals surface area contributed by atoms with E-state index < -0.39 is 71.9 Å². The van der Waals surface area contributed by atoms with Gasteiger partial charge < -0.3 is 0 Å². The van der Waals surface area contributed by atoms with Crippen LogP contribution in [0, 0.1) is 16.6 Å². The van der Waals surface area contributed by atoms with Crippen molar-refractivity contribution < 1.29 is 37.6 Å². The fourth-order valence-electron chi connectivity index (χ4n) is 2.09. The van der Waals surface area contributed by atoms with E-state index in [4.69, 9.17) is 4.78 Å². The molecule has 8 nitrogen and oxygen atoms in total. The van der Waals surface area contributed by atoms with Gasteiger partial charge in [0.05, 0.1) is 35.7 Å². The van der Waals surface area contributed by atoms with Gasteiger partial charge in [-0.05, 0) is 0 Å². The van der Waals surface area contributed by atoms with E-state index in [1.807, 2.05) is 0 Å². The van der Waals surface area contributed by atoms with Gasteiger partial charge in [0, 0.05) is 0 Å². The Morgan fingerprint density at radius 1 is 0.950 bits per heavy atom. The second-order valence-corrected chi connectivity index (χ2v) is 9.89. The lowest BCUT2D eigenvalue weighted by Gasteiger charge is -2.32.